The van der Waals surface area contributed by atoms with Crippen LogP contribution in [0.1, 0.15) is 78.1 Å². The first-order chi connectivity index (χ1) is 14.8. The van der Waals surface area contributed by atoms with Crippen molar-refractivity contribution < 1.29 is 4.74 Å². The zero-order valence-corrected chi connectivity index (χ0v) is 18.7. The van der Waals surface area contributed by atoms with Gasteiger partial charge in [0.25, 0.3) is 0 Å². The second-order valence-corrected chi connectivity index (χ2v) is 8.05. The summed E-state index contributed by atoms with van der Waals surface area (Å²) in [6.07, 6.45) is 23.6. The van der Waals surface area contributed by atoms with Gasteiger partial charge in [-0.2, -0.15) is 0 Å². The van der Waals surface area contributed by atoms with Gasteiger partial charge < -0.3 is 14.3 Å². The number of nitrogens with one attached hydrogen (secondary N) is 1. The molecule has 1 aliphatic rings. The van der Waals surface area contributed by atoms with Crippen LogP contribution in [0.3, 0.4) is 0 Å². The third kappa shape index (κ3) is 6.79. The summed E-state index contributed by atoms with van der Waals surface area (Å²) in [5, 5.41) is 0. The Balaban J connectivity index is 1.49. The topological polar surface area (TPSA) is 42.3 Å². The number of aromatic nitrogens is 2. The minimum atomic E-state index is 0.658. The number of unbranched alkanes of at least 4 members (excludes halogenated alkanes) is 8. The number of aliphatic imine (C=N–C) groups is 1. The smallest absolute Gasteiger partial charge is 0.137 e. The van der Waals surface area contributed by atoms with Crippen LogP contribution in [-0.2, 0) is 0 Å². The molecule has 0 spiro atoms. The molecule has 1 aliphatic heterocycles. The standard InChI is InChI=1S/C26H37N3O/c1-3-5-6-7-8-9-10-11-12-14-22-16-17-23(28-22)20-29-21-24(30-4-2)19-26(29)25-15-13-18-27-25/h13,15-21,27H,3-12,14H2,1-2H3. The summed E-state index contributed by atoms with van der Waals surface area (Å²) >= 11 is 0. The van der Waals surface area contributed by atoms with Crippen molar-refractivity contribution in [2.75, 3.05) is 6.61 Å². The van der Waals surface area contributed by atoms with E-state index in [1.165, 1.54) is 63.5 Å². The van der Waals surface area contributed by atoms with E-state index >= 15 is 0 Å². The van der Waals surface area contributed by atoms with Gasteiger partial charge in [-0.15, -0.1) is 0 Å². The lowest BCUT2D eigenvalue weighted by atomic mass is 10.1. The highest BCUT2D eigenvalue weighted by Gasteiger charge is 2.10. The van der Waals surface area contributed by atoms with Crippen molar-refractivity contribution in [1.29, 1.82) is 0 Å². The normalized spacial score (nSPS) is 14.6. The molecule has 0 aliphatic carbocycles. The van der Waals surface area contributed by atoms with Crippen molar-refractivity contribution >= 4 is 11.9 Å². The van der Waals surface area contributed by atoms with Gasteiger partial charge in [-0.3, -0.25) is 4.99 Å². The molecule has 0 saturated heterocycles. The number of ether oxygens (including phenoxy) is 1. The molecule has 0 saturated carbocycles. The highest BCUT2D eigenvalue weighted by atomic mass is 16.5. The average Bonchev–Trinajstić information content (AvgIpc) is 3.49. The average molecular weight is 408 g/mol. The first-order valence-corrected chi connectivity index (χ1v) is 11.8. The van der Waals surface area contributed by atoms with Crippen molar-refractivity contribution in [3.63, 3.8) is 0 Å². The molecule has 0 aromatic carbocycles. The minimum absolute atomic E-state index is 0.658. The zero-order valence-electron chi connectivity index (χ0n) is 18.7. The van der Waals surface area contributed by atoms with Gasteiger partial charge in [0.2, 0.25) is 0 Å². The molecular formula is C26H37N3O. The van der Waals surface area contributed by atoms with E-state index in [0.29, 0.717) is 6.61 Å². The molecule has 0 fully saturated rings. The fourth-order valence-electron chi connectivity index (χ4n) is 3.90. The molecule has 0 amide bonds. The highest BCUT2D eigenvalue weighted by molar-refractivity contribution is 5.99. The molecule has 0 radical (unpaired) electrons. The first-order valence-electron chi connectivity index (χ1n) is 11.8. The summed E-state index contributed by atoms with van der Waals surface area (Å²) in [7, 11) is 0. The van der Waals surface area contributed by atoms with E-state index in [9.17, 15) is 0 Å². The highest BCUT2D eigenvalue weighted by Crippen LogP contribution is 2.27. The summed E-state index contributed by atoms with van der Waals surface area (Å²) in [6.45, 7) is 4.94. The molecule has 2 aromatic heterocycles. The van der Waals surface area contributed by atoms with Crippen molar-refractivity contribution in [3.05, 3.63) is 48.4 Å². The zero-order chi connectivity index (χ0) is 21.0. The number of hydrogen-bond donors (Lipinski definition) is 1. The Morgan fingerprint density at radius 1 is 1.00 bits per heavy atom. The van der Waals surface area contributed by atoms with Crippen molar-refractivity contribution in [1.82, 2.24) is 9.55 Å². The minimum Gasteiger partial charge on any atom is -0.492 e. The van der Waals surface area contributed by atoms with Crippen LogP contribution >= 0.6 is 0 Å². The molecule has 2 aromatic rings. The molecule has 4 heteroatoms. The Bertz CT molecular complexity index is 840. The van der Waals surface area contributed by atoms with Gasteiger partial charge in [-0.25, -0.2) is 0 Å². The van der Waals surface area contributed by atoms with Crippen LogP contribution in [-0.4, -0.2) is 21.9 Å². The second kappa shape index (κ2) is 12.3. The molecule has 0 atom stereocenters. The Hall–Kier alpha value is -2.49. The van der Waals surface area contributed by atoms with Crippen LogP contribution in [0.4, 0.5) is 0 Å². The fraction of sp³-hybridized carbons (Fsp3) is 0.500. The first kappa shape index (κ1) is 22.2. The van der Waals surface area contributed by atoms with Crippen molar-refractivity contribution in [2.24, 2.45) is 4.99 Å². The quantitative estimate of drug-likeness (QED) is 0.322. The molecule has 30 heavy (non-hydrogen) atoms. The van der Waals surface area contributed by atoms with E-state index in [4.69, 9.17) is 9.73 Å². The molecule has 4 nitrogen and oxygen atoms in total. The molecule has 0 bridgehead atoms. The number of nitrogens with zero attached hydrogens (tertiary/aromatic N) is 2. The predicted molar refractivity (Wildman–Crippen MR) is 128 cm³/mol. The van der Waals surface area contributed by atoms with Crippen LogP contribution in [0.25, 0.3) is 17.6 Å². The summed E-state index contributed by atoms with van der Waals surface area (Å²) in [5.74, 6) is 0.875. The summed E-state index contributed by atoms with van der Waals surface area (Å²) in [6, 6.07) is 6.15. The lowest BCUT2D eigenvalue weighted by Gasteiger charge is -2.03. The van der Waals surface area contributed by atoms with Crippen molar-refractivity contribution in [3.8, 4) is 17.1 Å². The van der Waals surface area contributed by atoms with Gasteiger partial charge in [-0.1, -0.05) is 58.3 Å². The summed E-state index contributed by atoms with van der Waals surface area (Å²) < 4.78 is 7.80. The fourth-order valence-corrected chi connectivity index (χ4v) is 3.90. The molecule has 0 unspecified atom stereocenters. The van der Waals surface area contributed by atoms with E-state index in [1.807, 2.05) is 25.4 Å². The van der Waals surface area contributed by atoms with Crippen LogP contribution in [0.5, 0.6) is 5.75 Å². The van der Waals surface area contributed by atoms with Gasteiger partial charge in [0.15, 0.2) is 0 Å². The maximum Gasteiger partial charge on any atom is 0.137 e. The van der Waals surface area contributed by atoms with E-state index in [1.54, 1.807) is 0 Å². The third-order valence-corrected chi connectivity index (χ3v) is 5.54. The summed E-state index contributed by atoms with van der Waals surface area (Å²) in [4.78, 5) is 8.11. The van der Waals surface area contributed by atoms with E-state index in [0.717, 1.165) is 29.3 Å². The molecule has 3 rings (SSSR count). The van der Waals surface area contributed by atoms with Gasteiger partial charge in [-0.05, 0) is 44.1 Å². The van der Waals surface area contributed by atoms with Crippen LogP contribution < -0.4 is 4.74 Å². The maximum absolute atomic E-state index is 5.71. The number of hydrogen-bond acceptors (Lipinski definition) is 2. The van der Waals surface area contributed by atoms with E-state index in [2.05, 4.69) is 47.0 Å². The van der Waals surface area contributed by atoms with Gasteiger partial charge in [0.05, 0.1) is 29.9 Å². The van der Waals surface area contributed by atoms with Gasteiger partial charge in [0.1, 0.15) is 5.75 Å². The Morgan fingerprint density at radius 2 is 1.77 bits per heavy atom. The number of H-pyrrole nitrogens is 1. The van der Waals surface area contributed by atoms with Gasteiger partial charge in [0, 0.05) is 24.2 Å². The SMILES string of the molecule is CCCCCCCCCCCC1=NC(=Cn2cc(OCC)cc2-c2ccc[nH]2)C=C1. The second-order valence-electron chi connectivity index (χ2n) is 8.05. The summed E-state index contributed by atoms with van der Waals surface area (Å²) in [5.41, 5.74) is 4.33. The van der Waals surface area contributed by atoms with Crippen LogP contribution in [0.15, 0.2) is 53.4 Å². The lowest BCUT2D eigenvalue weighted by molar-refractivity contribution is 0.340. The largest absolute Gasteiger partial charge is 0.492 e. The molecule has 1 N–H and O–H groups in total. The van der Waals surface area contributed by atoms with E-state index < -0.39 is 0 Å². The molecule has 162 valence electrons. The Kier molecular flexibility index (Phi) is 9.07. The van der Waals surface area contributed by atoms with Crippen LogP contribution in [0, 0.1) is 0 Å². The Morgan fingerprint density at radius 3 is 2.47 bits per heavy atom. The number of aromatic amines is 1. The molecular weight excluding hydrogens is 370 g/mol. The maximum atomic E-state index is 5.71. The third-order valence-electron chi connectivity index (χ3n) is 5.54. The predicted octanol–water partition coefficient (Wildman–Crippen LogP) is 7.61. The number of allylic oxidation sites excluding steroid dienone is 2. The van der Waals surface area contributed by atoms with E-state index in [-0.39, 0.29) is 0 Å². The lowest BCUT2D eigenvalue weighted by Crippen LogP contribution is -1.92. The Labute approximate surface area is 181 Å². The van der Waals surface area contributed by atoms with Gasteiger partial charge >= 0.3 is 0 Å². The molecule has 3 heterocycles. The monoisotopic (exact) mass is 407 g/mol. The van der Waals surface area contributed by atoms with Crippen LogP contribution in [0.2, 0.25) is 0 Å². The number of rotatable bonds is 14. The van der Waals surface area contributed by atoms with Crippen molar-refractivity contribution in [2.45, 2.75) is 78.1 Å².